The van der Waals surface area contributed by atoms with Crippen molar-refractivity contribution in [3.63, 3.8) is 0 Å². The van der Waals surface area contributed by atoms with Crippen LogP contribution in [-0.2, 0) is 4.74 Å². The second-order valence-corrected chi connectivity index (χ2v) is 8.71. The number of likely N-dealkylation sites (tertiary alicyclic amines) is 1. The van der Waals surface area contributed by atoms with Crippen molar-refractivity contribution in [3.8, 4) is 5.75 Å². The number of hydrogen-bond donors (Lipinski definition) is 3. The highest BCUT2D eigenvalue weighted by Crippen LogP contribution is 2.36. The molecule has 2 atom stereocenters. The first kappa shape index (κ1) is 22.4. The van der Waals surface area contributed by atoms with E-state index in [2.05, 4.69) is 20.6 Å². The van der Waals surface area contributed by atoms with Gasteiger partial charge < -0.3 is 30.1 Å². The topological polar surface area (TPSA) is 109 Å². The molecule has 2 aromatic carbocycles. The highest BCUT2D eigenvalue weighted by molar-refractivity contribution is 6.31. The van der Waals surface area contributed by atoms with E-state index < -0.39 is 11.9 Å². The molecule has 5 rings (SSSR count). The summed E-state index contributed by atoms with van der Waals surface area (Å²) in [5.41, 5.74) is 1.95. The molecule has 34 heavy (non-hydrogen) atoms. The number of aromatic nitrogens is 2. The summed E-state index contributed by atoms with van der Waals surface area (Å²) in [4.78, 5) is 21.5. The number of rotatable bonds is 6. The lowest BCUT2D eigenvalue weighted by Crippen LogP contribution is -2.30. The number of carbonyl (C=O) groups is 1. The second-order valence-electron chi connectivity index (χ2n) is 8.30. The molecule has 3 N–H and O–H groups in total. The molecular weight excluding hydrogens is 465 g/mol. The van der Waals surface area contributed by atoms with Gasteiger partial charge in [0.2, 0.25) is 0 Å². The zero-order chi connectivity index (χ0) is 23.7. The van der Waals surface area contributed by atoms with Gasteiger partial charge in [-0.1, -0.05) is 11.6 Å². The average molecular weight is 488 g/mol. The van der Waals surface area contributed by atoms with Gasteiger partial charge in [-0.05, 0) is 30.7 Å². The van der Waals surface area contributed by atoms with Crippen LogP contribution in [0, 0.1) is 5.82 Å². The van der Waals surface area contributed by atoms with Crippen LogP contribution in [0.4, 0.5) is 26.4 Å². The van der Waals surface area contributed by atoms with Crippen molar-refractivity contribution >= 4 is 45.8 Å². The molecule has 1 aromatic heterocycles. The molecule has 2 aliphatic heterocycles. The summed E-state index contributed by atoms with van der Waals surface area (Å²) in [7, 11) is 0. The summed E-state index contributed by atoms with van der Waals surface area (Å²) in [6, 6.07) is 8.01. The van der Waals surface area contributed by atoms with Crippen LogP contribution >= 0.6 is 11.6 Å². The van der Waals surface area contributed by atoms with Gasteiger partial charge in [-0.25, -0.2) is 19.2 Å². The molecule has 1 amide bonds. The van der Waals surface area contributed by atoms with Crippen LogP contribution in [-0.4, -0.2) is 64.5 Å². The van der Waals surface area contributed by atoms with Gasteiger partial charge in [0, 0.05) is 42.7 Å². The molecule has 0 radical (unpaired) electrons. The van der Waals surface area contributed by atoms with E-state index in [1.54, 1.807) is 6.07 Å². The lowest BCUT2D eigenvalue weighted by Gasteiger charge is -2.21. The first-order valence-electron chi connectivity index (χ1n) is 11.0. The third-order valence-electron chi connectivity index (χ3n) is 5.92. The van der Waals surface area contributed by atoms with Gasteiger partial charge in [0.05, 0.1) is 29.4 Å². The molecule has 3 heterocycles. The molecular formula is C23H23ClFN5O4. The maximum absolute atomic E-state index is 13.6. The third-order valence-corrected chi connectivity index (χ3v) is 6.21. The summed E-state index contributed by atoms with van der Waals surface area (Å²) in [6.07, 6.45) is 1.90. The second kappa shape index (κ2) is 9.47. The molecule has 3 aromatic rings. The maximum Gasteiger partial charge on any atom is 0.407 e. The number of halogens is 2. The molecule has 0 spiro atoms. The van der Waals surface area contributed by atoms with Crippen LogP contribution in [0.25, 0.3) is 10.9 Å². The fourth-order valence-electron chi connectivity index (χ4n) is 4.16. The van der Waals surface area contributed by atoms with Gasteiger partial charge >= 0.3 is 6.09 Å². The summed E-state index contributed by atoms with van der Waals surface area (Å²) in [5.74, 6) is 0.632. The van der Waals surface area contributed by atoms with E-state index in [9.17, 15) is 14.3 Å². The van der Waals surface area contributed by atoms with E-state index in [1.807, 2.05) is 12.1 Å². The lowest BCUT2D eigenvalue weighted by atomic mass is 10.1. The Balaban J connectivity index is 1.49. The molecule has 0 aliphatic carbocycles. The van der Waals surface area contributed by atoms with Gasteiger partial charge in [0.15, 0.2) is 0 Å². The van der Waals surface area contributed by atoms with Crippen LogP contribution in [0.15, 0.2) is 36.7 Å². The van der Waals surface area contributed by atoms with Crippen molar-refractivity contribution < 1.29 is 23.8 Å². The number of nitrogens with zero attached hydrogens (tertiary/aromatic N) is 3. The molecule has 2 aliphatic rings. The molecule has 11 heteroatoms. The first-order chi connectivity index (χ1) is 16.5. The minimum atomic E-state index is -0.930. The number of ether oxygens (including phenoxy) is 2. The SMILES string of the molecule is O=C(O)N1CCC(Nc2cc3c(Nc4ccc(F)c(Cl)c4)ncnc3cc2OC2CCOC2)C1. The van der Waals surface area contributed by atoms with Gasteiger partial charge in [-0.2, -0.15) is 0 Å². The van der Waals surface area contributed by atoms with Crippen molar-refractivity contribution in [2.45, 2.75) is 25.0 Å². The predicted octanol–water partition coefficient (Wildman–Crippen LogP) is 4.50. The highest BCUT2D eigenvalue weighted by atomic mass is 35.5. The standard InChI is InChI=1S/C23H23ClFN5O4/c24-17-7-13(1-2-18(17)25)29-22-16-8-20(28-14-3-5-30(10-14)23(31)32)21(9-19(16)26-12-27-22)34-15-4-6-33-11-15/h1-2,7-9,12,14-15,28H,3-6,10-11H2,(H,31,32)(H,26,27,29). The number of nitrogens with one attached hydrogen (secondary N) is 2. The Hall–Kier alpha value is -3.37. The van der Waals surface area contributed by atoms with Gasteiger partial charge in [-0.15, -0.1) is 0 Å². The van der Waals surface area contributed by atoms with E-state index in [4.69, 9.17) is 21.1 Å². The average Bonchev–Trinajstić information content (AvgIpc) is 3.49. The first-order valence-corrected chi connectivity index (χ1v) is 11.3. The van der Waals surface area contributed by atoms with Gasteiger partial charge in [-0.3, -0.25) is 0 Å². The number of fused-ring (bicyclic) bond motifs is 1. The molecule has 178 valence electrons. The molecule has 0 bridgehead atoms. The van der Waals surface area contributed by atoms with Crippen molar-refractivity contribution in [2.75, 3.05) is 36.9 Å². The molecule has 2 saturated heterocycles. The van der Waals surface area contributed by atoms with E-state index in [-0.39, 0.29) is 17.2 Å². The molecule has 2 unspecified atom stereocenters. The van der Waals surface area contributed by atoms with Crippen LogP contribution < -0.4 is 15.4 Å². The van der Waals surface area contributed by atoms with E-state index in [0.717, 1.165) is 6.42 Å². The minimum Gasteiger partial charge on any atom is -0.486 e. The third kappa shape index (κ3) is 4.78. The normalized spacial score (nSPS) is 20.0. The largest absolute Gasteiger partial charge is 0.486 e. The van der Waals surface area contributed by atoms with E-state index in [0.29, 0.717) is 66.6 Å². The zero-order valence-electron chi connectivity index (χ0n) is 18.1. The van der Waals surface area contributed by atoms with Gasteiger partial charge in [0.1, 0.15) is 29.8 Å². The van der Waals surface area contributed by atoms with Crippen molar-refractivity contribution in [3.05, 3.63) is 47.5 Å². The monoisotopic (exact) mass is 487 g/mol. The predicted molar refractivity (Wildman–Crippen MR) is 126 cm³/mol. The lowest BCUT2D eigenvalue weighted by molar-refractivity contribution is 0.142. The van der Waals surface area contributed by atoms with E-state index in [1.165, 1.54) is 23.4 Å². The Morgan fingerprint density at radius 1 is 1.26 bits per heavy atom. The fourth-order valence-corrected chi connectivity index (χ4v) is 4.34. The summed E-state index contributed by atoms with van der Waals surface area (Å²) in [5, 5.41) is 16.6. The summed E-state index contributed by atoms with van der Waals surface area (Å²) >= 11 is 5.92. The number of amides is 1. The van der Waals surface area contributed by atoms with Crippen molar-refractivity contribution in [2.24, 2.45) is 0 Å². The Morgan fingerprint density at radius 3 is 2.88 bits per heavy atom. The number of benzene rings is 2. The highest BCUT2D eigenvalue weighted by Gasteiger charge is 2.27. The van der Waals surface area contributed by atoms with Crippen LogP contribution in [0.1, 0.15) is 12.8 Å². The van der Waals surface area contributed by atoms with Crippen molar-refractivity contribution in [1.82, 2.24) is 14.9 Å². The van der Waals surface area contributed by atoms with Gasteiger partial charge in [0.25, 0.3) is 0 Å². The zero-order valence-corrected chi connectivity index (χ0v) is 18.9. The maximum atomic E-state index is 13.6. The smallest absolute Gasteiger partial charge is 0.407 e. The van der Waals surface area contributed by atoms with Crippen LogP contribution in [0.2, 0.25) is 5.02 Å². The van der Waals surface area contributed by atoms with E-state index >= 15 is 0 Å². The summed E-state index contributed by atoms with van der Waals surface area (Å²) < 4.78 is 25.2. The van der Waals surface area contributed by atoms with Crippen LogP contribution in [0.3, 0.4) is 0 Å². The summed E-state index contributed by atoms with van der Waals surface area (Å²) in [6.45, 7) is 2.00. The Labute approximate surface area is 199 Å². The molecule has 2 fully saturated rings. The molecule has 9 nitrogen and oxygen atoms in total. The minimum absolute atomic E-state index is 0.00408. The van der Waals surface area contributed by atoms with Crippen molar-refractivity contribution in [1.29, 1.82) is 0 Å². The Bertz CT molecular complexity index is 1220. The molecule has 0 saturated carbocycles. The number of hydrogen-bond acceptors (Lipinski definition) is 7. The number of anilines is 3. The quantitative estimate of drug-likeness (QED) is 0.466. The number of carboxylic acid groups (broad SMARTS) is 1. The van der Waals surface area contributed by atoms with Crippen LogP contribution in [0.5, 0.6) is 5.75 Å². The fraction of sp³-hybridized carbons (Fsp3) is 0.348. The Morgan fingerprint density at radius 2 is 2.15 bits per heavy atom. The Kier molecular flexibility index (Phi) is 6.25.